The monoisotopic (exact) mass is 220 g/mol. The molecule has 0 fully saturated rings. The van der Waals surface area contributed by atoms with E-state index in [9.17, 15) is 0 Å². The number of nitrogens with zero attached hydrogens (tertiary/aromatic N) is 2. The molecule has 2 rings (SSSR count). The first-order valence-corrected chi connectivity index (χ1v) is 4.67. The molecule has 0 aliphatic rings. The number of pyridine rings is 2. The second-order valence-electron chi connectivity index (χ2n) is 3.50. The van der Waals surface area contributed by atoms with Crippen molar-refractivity contribution in [2.24, 2.45) is 14.1 Å². The summed E-state index contributed by atoms with van der Waals surface area (Å²) in [6.07, 6.45) is 8.23. The number of aromatic nitrogens is 2. The van der Waals surface area contributed by atoms with E-state index in [-0.39, 0.29) is 11.0 Å². The molecule has 2 heterocycles. The zero-order valence-electron chi connectivity index (χ0n) is 9.41. The van der Waals surface area contributed by atoms with Crippen LogP contribution in [0.25, 0.3) is 11.1 Å². The lowest BCUT2D eigenvalue weighted by atomic mass is 10.1. The third kappa shape index (κ3) is 3.12. The molecule has 16 heavy (non-hydrogen) atoms. The summed E-state index contributed by atoms with van der Waals surface area (Å²) in [6.45, 7) is 0. The van der Waals surface area contributed by atoms with E-state index < -0.39 is 0 Å². The van der Waals surface area contributed by atoms with Gasteiger partial charge in [0.1, 0.15) is 14.1 Å². The average Bonchev–Trinajstić information content (AvgIpc) is 2.21. The molecule has 0 aliphatic carbocycles. The largest absolute Gasteiger partial charge is 0.870 e. The summed E-state index contributed by atoms with van der Waals surface area (Å²) < 4.78 is 4.07. The minimum Gasteiger partial charge on any atom is -0.870 e. The second-order valence-corrected chi connectivity index (χ2v) is 3.50. The van der Waals surface area contributed by atoms with Gasteiger partial charge in [-0.1, -0.05) is 0 Å². The molecule has 2 aromatic rings. The molecule has 4 heteroatoms. The maximum absolute atomic E-state index is 2.12. The molecule has 0 saturated carbocycles. The highest BCUT2D eigenvalue weighted by Crippen LogP contribution is 2.14. The van der Waals surface area contributed by atoms with Crippen LogP contribution in [-0.4, -0.2) is 11.0 Å². The predicted molar refractivity (Wildman–Crippen MR) is 58.1 cm³/mol. The van der Waals surface area contributed by atoms with Gasteiger partial charge < -0.3 is 11.0 Å². The van der Waals surface area contributed by atoms with Crippen LogP contribution in [-0.2, 0) is 14.1 Å². The van der Waals surface area contributed by atoms with Gasteiger partial charge in [0.05, 0.1) is 0 Å². The molecule has 0 radical (unpaired) electrons. The molecule has 0 atom stereocenters. The van der Waals surface area contributed by atoms with Crippen LogP contribution < -0.4 is 9.13 Å². The van der Waals surface area contributed by atoms with Crippen LogP contribution in [0.1, 0.15) is 0 Å². The number of aryl methyl sites for hydroxylation is 2. The topological polar surface area (TPSA) is 67.8 Å². The van der Waals surface area contributed by atoms with Crippen molar-refractivity contribution >= 4 is 0 Å². The van der Waals surface area contributed by atoms with Crippen LogP contribution in [0.3, 0.4) is 0 Å². The predicted octanol–water partition coefficient (Wildman–Crippen LogP) is 0.649. The maximum atomic E-state index is 2.12. The van der Waals surface area contributed by atoms with Crippen molar-refractivity contribution in [1.82, 2.24) is 0 Å². The lowest BCUT2D eigenvalue weighted by Crippen LogP contribution is -2.26. The van der Waals surface area contributed by atoms with Crippen molar-refractivity contribution in [1.29, 1.82) is 0 Å². The van der Waals surface area contributed by atoms with Crippen LogP contribution in [0.2, 0.25) is 0 Å². The molecular formula is C12H16N2O2. The molecule has 2 N–H and O–H groups in total. The smallest absolute Gasteiger partial charge is 0.169 e. The van der Waals surface area contributed by atoms with Gasteiger partial charge in [0.2, 0.25) is 0 Å². The Labute approximate surface area is 95.0 Å². The van der Waals surface area contributed by atoms with Gasteiger partial charge in [-0.05, 0) is 11.1 Å². The van der Waals surface area contributed by atoms with E-state index in [4.69, 9.17) is 0 Å². The number of rotatable bonds is 1. The first-order chi connectivity index (χ1) is 6.75. The highest BCUT2D eigenvalue weighted by molar-refractivity contribution is 5.60. The van der Waals surface area contributed by atoms with Gasteiger partial charge in [0.15, 0.2) is 24.8 Å². The Morgan fingerprint density at radius 1 is 0.625 bits per heavy atom. The first-order valence-electron chi connectivity index (χ1n) is 4.67. The molecule has 86 valence electrons. The Hall–Kier alpha value is -1.78. The fourth-order valence-electron chi connectivity index (χ4n) is 1.39. The molecule has 2 aromatic heterocycles. The summed E-state index contributed by atoms with van der Waals surface area (Å²) >= 11 is 0. The van der Waals surface area contributed by atoms with Gasteiger partial charge in [-0.3, -0.25) is 0 Å². The molecule has 0 unspecified atom stereocenters. The lowest BCUT2D eigenvalue weighted by molar-refractivity contribution is -0.671. The maximum Gasteiger partial charge on any atom is 0.169 e. The highest BCUT2D eigenvalue weighted by atomic mass is 16.0. The van der Waals surface area contributed by atoms with Gasteiger partial charge in [0, 0.05) is 24.3 Å². The zero-order chi connectivity index (χ0) is 9.97. The summed E-state index contributed by atoms with van der Waals surface area (Å²) in [5.74, 6) is 0. The minimum atomic E-state index is 0. The van der Waals surface area contributed by atoms with E-state index in [1.165, 1.54) is 11.1 Å². The Morgan fingerprint density at radius 3 is 1.12 bits per heavy atom. The Balaban J connectivity index is 0.00000112. The molecule has 0 amide bonds. The third-order valence-electron chi connectivity index (χ3n) is 2.29. The van der Waals surface area contributed by atoms with Gasteiger partial charge in [0.25, 0.3) is 0 Å². The fourth-order valence-corrected chi connectivity index (χ4v) is 1.39. The Kier molecular flexibility index (Phi) is 5.29. The van der Waals surface area contributed by atoms with Crippen LogP contribution in [0.15, 0.2) is 49.1 Å². The van der Waals surface area contributed by atoms with Gasteiger partial charge in [-0.25, -0.2) is 9.13 Å². The standard InChI is InChI=1S/C12H14N2.2H2O/c1-13-7-3-11(4-8-13)12-5-9-14(2)10-6-12;;/h3-10H,1-2H3;2*1H2/q+2;;/p-2. The summed E-state index contributed by atoms with van der Waals surface area (Å²) in [5.41, 5.74) is 2.51. The average molecular weight is 220 g/mol. The summed E-state index contributed by atoms with van der Waals surface area (Å²) in [4.78, 5) is 0. The van der Waals surface area contributed by atoms with Crippen molar-refractivity contribution in [2.45, 2.75) is 0 Å². The van der Waals surface area contributed by atoms with E-state index in [0.29, 0.717) is 0 Å². The Bertz CT molecular complexity index is 380. The van der Waals surface area contributed by atoms with E-state index in [1.807, 2.05) is 23.2 Å². The fraction of sp³-hybridized carbons (Fsp3) is 0.167. The lowest BCUT2D eigenvalue weighted by Gasteiger charge is -1.97. The van der Waals surface area contributed by atoms with Crippen LogP contribution in [0, 0.1) is 0 Å². The molecule has 0 spiro atoms. The molecule has 0 aliphatic heterocycles. The van der Waals surface area contributed by atoms with E-state index in [1.54, 1.807) is 0 Å². The highest BCUT2D eigenvalue weighted by Gasteiger charge is 2.00. The van der Waals surface area contributed by atoms with Crippen molar-refractivity contribution < 1.29 is 20.1 Å². The van der Waals surface area contributed by atoms with Gasteiger partial charge in [-0.2, -0.15) is 0 Å². The van der Waals surface area contributed by atoms with E-state index in [0.717, 1.165) is 0 Å². The minimum absolute atomic E-state index is 0. The van der Waals surface area contributed by atoms with Crippen molar-refractivity contribution in [3.8, 4) is 11.1 Å². The molecule has 0 bridgehead atoms. The molecule has 0 aromatic carbocycles. The molecule has 0 saturated heterocycles. The van der Waals surface area contributed by atoms with E-state index >= 15 is 0 Å². The zero-order valence-corrected chi connectivity index (χ0v) is 9.41. The SMILES string of the molecule is C[n+]1ccc(-c2cc[n+](C)cc2)cc1.[OH-].[OH-]. The quantitative estimate of drug-likeness (QED) is 0.662. The normalized spacial score (nSPS) is 8.88. The summed E-state index contributed by atoms with van der Waals surface area (Å²) in [6, 6.07) is 8.48. The Morgan fingerprint density at radius 2 is 0.875 bits per heavy atom. The van der Waals surface area contributed by atoms with E-state index in [2.05, 4.69) is 49.1 Å². The second kappa shape index (κ2) is 5.95. The van der Waals surface area contributed by atoms with Gasteiger partial charge >= 0.3 is 0 Å². The summed E-state index contributed by atoms with van der Waals surface area (Å²) in [7, 11) is 4.05. The number of hydrogen-bond donors (Lipinski definition) is 0. The van der Waals surface area contributed by atoms with Crippen molar-refractivity contribution in [2.75, 3.05) is 0 Å². The molecular weight excluding hydrogens is 204 g/mol. The number of hydrogen-bond acceptors (Lipinski definition) is 2. The summed E-state index contributed by atoms with van der Waals surface area (Å²) in [5, 5.41) is 0. The van der Waals surface area contributed by atoms with Crippen molar-refractivity contribution in [3.63, 3.8) is 0 Å². The van der Waals surface area contributed by atoms with Crippen LogP contribution in [0.4, 0.5) is 0 Å². The molecule has 4 nitrogen and oxygen atoms in total. The first kappa shape index (κ1) is 14.2. The van der Waals surface area contributed by atoms with Crippen LogP contribution in [0.5, 0.6) is 0 Å². The van der Waals surface area contributed by atoms with Gasteiger partial charge in [-0.15, -0.1) is 0 Å². The van der Waals surface area contributed by atoms with Crippen LogP contribution >= 0.6 is 0 Å². The third-order valence-corrected chi connectivity index (χ3v) is 2.29. The van der Waals surface area contributed by atoms with Crippen molar-refractivity contribution in [3.05, 3.63) is 49.1 Å².